The molecule has 0 spiro atoms. The fraction of sp³-hybridized carbons (Fsp3) is 0.286. The van der Waals surface area contributed by atoms with Crippen molar-refractivity contribution in [3.63, 3.8) is 0 Å². The van der Waals surface area contributed by atoms with Crippen molar-refractivity contribution in [1.82, 2.24) is 4.98 Å². The van der Waals surface area contributed by atoms with Crippen molar-refractivity contribution >= 4 is 29.3 Å². The fourth-order valence-corrected chi connectivity index (χ4v) is 2.65. The van der Waals surface area contributed by atoms with Crippen molar-refractivity contribution in [3.8, 4) is 11.3 Å². The van der Waals surface area contributed by atoms with Gasteiger partial charge in [0, 0.05) is 16.3 Å². The number of benzene rings is 1. The molecule has 1 unspecified atom stereocenters. The van der Waals surface area contributed by atoms with Gasteiger partial charge < -0.3 is 14.9 Å². The summed E-state index contributed by atoms with van der Waals surface area (Å²) in [6.07, 6.45) is 1.65. The van der Waals surface area contributed by atoms with Crippen molar-refractivity contribution < 1.29 is 13.9 Å². The first kappa shape index (κ1) is 15.9. The number of carbonyl (C=O) groups is 1. The number of hydrogen-bond donors (Lipinski definition) is 1. The number of esters is 1. The summed E-state index contributed by atoms with van der Waals surface area (Å²) in [7, 11) is 1.32. The predicted octanol–water partition coefficient (Wildman–Crippen LogP) is 2.73. The van der Waals surface area contributed by atoms with Crippen LogP contribution >= 0.6 is 23.4 Å². The highest BCUT2D eigenvalue weighted by molar-refractivity contribution is 7.98. The van der Waals surface area contributed by atoms with E-state index in [1.807, 2.05) is 18.2 Å². The highest BCUT2D eigenvalue weighted by Gasteiger charge is 2.14. The van der Waals surface area contributed by atoms with Crippen LogP contribution in [-0.2, 0) is 15.3 Å². The van der Waals surface area contributed by atoms with Gasteiger partial charge in [-0.25, -0.2) is 4.98 Å². The molecule has 0 aliphatic heterocycles. The van der Waals surface area contributed by atoms with Gasteiger partial charge in [-0.1, -0.05) is 23.7 Å². The molecule has 5 nitrogen and oxygen atoms in total. The zero-order valence-electron chi connectivity index (χ0n) is 11.4. The van der Waals surface area contributed by atoms with Crippen LogP contribution in [0.1, 0.15) is 5.89 Å². The molecule has 0 aliphatic carbocycles. The lowest BCUT2D eigenvalue weighted by molar-refractivity contribution is -0.141. The van der Waals surface area contributed by atoms with Crippen molar-refractivity contribution in [2.45, 2.75) is 11.8 Å². The minimum Gasteiger partial charge on any atom is -0.468 e. The van der Waals surface area contributed by atoms with Gasteiger partial charge in [0.25, 0.3) is 0 Å². The second kappa shape index (κ2) is 7.49. The van der Waals surface area contributed by atoms with Crippen molar-refractivity contribution in [2.75, 3.05) is 12.9 Å². The Kier molecular flexibility index (Phi) is 5.67. The summed E-state index contributed by atoms with van der Waals surface area (Å²) in [5.74, 6) is 1.79. The number of oxazole rings is 1. The molecule has 0 saturated carbocycles. The summed E-state index contributed by atoms with van der Waals surface area (Å²) in [5.41, 5.74) is 6.52. The van der Waals surface area contributed by atoms with Crippen molar-refractivity contribution in [2.24, 2.45) is 5.73 Å². The molecule has 1 aromatic carbocycles. The van der Waals surface area contributed by atoms with E-state index in [-0.39, 0.29) is 0 Å². The Morgan fingerprint density at radius 3 is 3.10 bits per heavy atom. The maximum atomic E-state index is 11.2. The van der Waals surface area contributed by atoms with E-state index in [1.165, 1.54) is 18.9 Å². The average Bonchev–Trinajstić information content (AvgIpc) is 2.95. The Balaban J connectivity index is 1.90. The Hall–Kier alpha value is -1.50. The first-order valence-corrected chi connectivity index (χ1v) is 7.75. The van der Waals surface area contributed by atoms with Gasteiger partial charge in [-0.15, -0.1) is 11.8 Å². The fourth-order valence-electron chi connectivity index (χ4n) is 1.64. The molecule has 2 N–H and O–H groups in total. The molecule has 0 saturated heterocycles. The van der Waals surface area contributed by atoms with Crippen molar-refractivity contribution in [3.05, 3.63) is 41.4 Å². The van der Waals surface area contributed by atoms with E-state index in [4.69, 9.17) is 21.8 Å². The number of hydrogen-bond acceptors (Lipinski definition) is 6. The number of aromatic nitrogens is 1. The van der Waals surface area contributed by atoms with E-state index in [2.05, 4.69) is 9.72 Å². The summed E-state index contributed by atoms with van der Waals surface area (Å²) in [5, 5.41) is 0.642. The second-order valence-corrected chi connectivity index (χ2v) is 5.74. The molecule has 7 heteroatoms. The number of rotatable bonds is 6. The molecule has 0 bridgehead atoms. The van der Waals surface area contributed by atoms with E-state index in [9.17, 15) is 4.79 Å². The second-order valence-electron chi connectivity index (χ2n) is 4.27. The van der Waals surface area contributed by atoms with Gasteiger partial charge in [0.05, 0.1) is 19.1 Å². The molecule has 21 heavy (non-hydrogen) atoms. The topological polar surface area (TPSA) is 78.4 Å². The minimum atomic E-state index is -0.637. The molecule has 2 aromatic rings. The molecule has 0 aliphatic rings. The molecule has 1 heterocycles. The standard InChI is InChI=1S/C14H15ClN2O3S/c1-19-14(18)11(16)7-21-8-13-17-6-12(20-13)9-3-2-4-10(15)5-9/h2-6,11H,7-8,16H2,1H3. The molecule has 112 valence electrons. The third kappa shape index (κ3) is 4.49. The Morgan fingerprint density at radius 2 is 2.38 bits per heavy atom. The molecule has 0 radical (unpaired) electrons. The first-order chi connectivity index (χ1) is 10.1. The number of methoxy groups -OCH3 is 1. The molecule has 1 aromatic heterocycles. The summed E-state index contributed by atoms with van der Waals surface area (Å²) >= 11 is 7.40. The number of carbonyl (C=O) groups excluding carboxylic acids is 1. The minimum absolute atomic E-state index is 0.422. The summed E-state index contributed by atoms with van der Waals surface area (Å²) in [6.45, 7) is 0. The zero-order chi connectivity index (χ0) is 15.2. The molecule has 0 fully saturated rings. The monoisotopic (exact) mass is 326 g/mol. The normalized spacial score (nSPS) is 12.1. The predicted molar refractivity (Wildman–Crippen MR) is 83.1 cm³/mol. The van der Waals surface area contributed by atoms with Gasteiger partial charge in [-0.05, 0) is 12.1 Å². The van der Waals surface area contributed by atoms with Crippen LogP contribution in [0.3, 0.4) is 0 Å². The lowest BCUT2D eigenvalue weighted by Crippen LogP contribution is -2.33. The first-order valence-electron chi connectivity index (χ1n) is 6.22. The highest BCUT2D eigenvalue weighted by atomic mass is 35.5. The number of halogens is 1. The van der Waals surface area contributed by atoms with Gasteiger partial charge in [-0.3, -0.25) is 4.79 Å². The number of thioether (sulfide) groups is 1. The molecule has 1 atom stereocenters. The van der Waals surface area contributed by atoms with Crippen LogP contribution in [0.5, 0.6) is 0 Å². The van der Waals surface area contributed by atoms with Gasteiger partial charge in [0.2, 0.25) is 5.89 Å². The maximum absolute atomic E-state index is 11.2. The SMILES string of the molecule is COC(=O)C(N)CSCc1ncc(-c2cccc(Cl)c2)o1. The number of nitrogens with two attached hydrogens (primary N) is 1. The highest BCUT2D eigenvalue weighted by Crippen LogP contribution is 2.24. The third-order valence-corrected chi connectivity index (χ3v) is 3.97. The summed E-state index contributed by atoms with van der Waals surface area (Å²) in [4.78, 5) is 15.4. The molecule has 2 rings (SSSR count). The quantitative estimate of drug-likeness (QED) is 0.822. The van der Waals surface area contributed by atoms with Crippen molar-refractivity contribution in [1.29, 1.82) is 0 Å². The maximum Gasteiger partial charge on any atom is 0.323 e. The average molecular weight is 327 g/mol. The number of ether oxygens (including phenoxy) is 1. The number of nitrogens with zero attached hydrogens (tertiary/aromatic N) is 1. The summed E-state index contributed by atoms with van der Waals surface area (Å²) < 4.78 is 10.2. The van der Waals surface area contributed by atoms with Gasteiger partial charge in [-0.2, -0.15) is 0 Å². The van der Waals surface area contributed by atoms with Crippen LogP contribution in [0, 0.1) is 0 Å². The van der Waals surface area contributed by atoms with Crippen LogP contribution in [0.25, 0.3) is 11.3 Å². The smallest absolute Gasteiger partial charge is 0.323 e. The van der Waals surface area contributed by atoms with Gasteiger partial charge in [0.1, 0.15) is 6.04 Å². The Labute approximate surface area is 131 Å². The third-order valence-electron chi connectivity index (χ3n) is 2.69. The van der Waals surface area contributed by atoms with Crippen LogP contribution < -0.4 is 5.73 Å². The largest absolute Gasteiger partial charge is 0.468 e. The lowest BCUT2D eigenvalue weighted by atomic mass is 10.2. The van der Waals surface area contributed by atoms with E-state index in [1.54, 1.807) is 12.3 Å². The van der Waals surface area contributed by atoms with Crippen LogP contribution in [0.4, 0.5) is 0 Å². The Bertz CT molecular complexity index is 618. The van der Waals surface area contributed by atoms with E-state index < -0.39 is 12.0 Å². The van der Waals surface area contributed by atoms with E-state index in [0.717, 1.165) is 5.56 Å². The van der Waals surface area contributed by atoms with E-state index in [0.29, 0.717) is 28.2 Å². The van der Waals surface area contributed by atoms with Crippen LogP contribution in [0.2, 0.25) is 5.02 Å². The Morgan fingerprint density at radius 1 is 1.57 bits per heavy atom. The molecular formula is C14H15ClN2O3S. The van der Waals surface area contributed by atoms with Gasteiger partial charge >= 0.3 is 5.97 Å². The molecular weight excluding hydrogens is 312 g/mol. The van der Waals surface area contributed by atoms with Crippen LogP contribution in [-0.4, -0.2) is 29.9 Å². The van der Waals surface area contributed by atoms with Crippen LogP contribution in [0.15, 0.2) is 34.9 Å². The lowest BCUT2D eigenvalue weighted by Gasteiger charge is -2.07. The molecule has 0 amide bonds. The van der Waals surface area contributed by atoms with Gasteiger partial charge in [0.15, 0.2) is 5.76 Å². The van der Waals surface area contributed by atoms with E-state index >= 15 is 0 Å². The summed E-state index contributed by atoms with van der Waals surface area (Å²) in [6, 6.07) is 6.72. The zero-order valence-corrected chi connectivity index (χ0v) is 13.0.